The van der Waals surface area contributed by atoms with Crippen LogP contribution in [0.15, 0.2) is 48.5 Å². The predicted molar refractivity (Wildman–Crippen MR) is 97.0 cm³/mol. The summed E-state index contributed by atoms with van der Waals surface area (Å²) in [5.41, 5.74) is 2.69. The van der Waals surface area contributed by atoms with Gasteiger partial charge in [-0.3, -0.25) is 4.79 Å². The van der Waals surface area contributed by atoms with Crippen molar-refractivity contribution in [2.75, 3.05) is 19.6 Å². The summed E-state index contributed by atoms with van der Waals surface area (Å²) in [6.45, 7) is 3.21. The Bertz CT molecular complexity index is 817. The van der Waals surface area contributed by atoms with Crippen molar-refractivity contribution in [3.63, 3.8) is 0 Å². The van der Waals surface area contributed by atoms with Crippen LogP contribution >= 0.6 is 0 Å². The number of nitrogens with zero attached hydrogens (tertiary/aromatic N) is 2. The zero-order valence-electron chi connectivity index (χ0n) is 14.1. The summed E-state index contributed by atoms with van der Waals surface area (Å²) in [4.78, 5) is 15.3. The highest BCUT2D eigenvalue weighted by Crippen LogP contribution is 2.29. The standard InChI is InChI=1S/C21H21N3O/c22-13-19-17(15-5-2-1-3-6-15)7-4-8-18(19)21(25)23-20-14-24-11-9-16(20)10-12-24/h1-8,16,20H,9-12,14H2,(H,23,25)/t20-/m0/s1. The van der Waals surface area contributed by atoms with Gasteiger partial charge >= 0.3 is 0 Å². The highest BCUT2D eigenvalue weighted by atomic mass is 16.1. The van der Waals surface area contributed by atoms with Gasteiger partial charge in [0.1, 0.15) is 6.07 Å². The third kappa shape index (κ3) is 3.04. The first-order valence-electron chi connectivity index (χ1n) is 8.88. The Morgan fingerprint density at radius 3 is 2.48 bits per heavy atom. The highest BCUT2D eigenvalue weighted by Gasteiger charge is 2.35. The fourth-order valence-corrected chi connectivity index (χ4v) is 4.10. The van der Waals surface area contributed by atoms with Gasteiger partial charge in [0, 0.05) is 18.2 Å². The van der Waals surface area contributed by atoms with E-state index >= 15 is 0 Å². The number of rotatable bonds is 3. The summed E-state index contributed by atoms with van der Waals surface area (Å²) in [5, 5.41) is 12.9. The largest absolute Gasteiger partial charge is 0.348 e. The van der Waals surface area contributed by atoms with Crippen molar-refractivity contribution in [2.24, 2.45) is 5.92 Å². The van der Waals surface area contributed by atoms with Crippen LogP contribution in [0.4, 0.5) is 0 Å². The number of piperidine rings is 3. The van der Waals surface area contributed by atoms with Gasteiger partial charge < -0.3 is 10.2 Å². The van der Waals surface area contributed by atoms with Crippen LogP contribution in [0.5, 0.6) is 0 Å². The van der Waals surface area contributed by atoms with E-state index in [4.69, 9.17) is 0 Å². The molecule has 0 aliphatic carbocycles. The molecule has 3 aliphatic heterocycles. The second-order valence-corrected chi connectivity index (χ2v) is 6.92. The average Bonchev–Trinajstić information content (AvgIpc) is 2.69. The molecule has 3 saturated heterocycles. The molecule has 0 aromatic heterocycles. The Labute approximate surface area is 148 Å². The Morgan fingerprint density at radius 2 is 1.84 bits per heavy atom. The zero-order valence-corrected chi connectivity index (χ0v) is 14.1. The lowest BCUT2D eigenvalue weighted by molar-refractivity contribution is 0.0620. The van der Waals surface area contributed by atoms with Crippen molar-refractivity contribution in [1.29, 1.82) is 5.26 Å². The quantitative estimate of drug-likeness (QED) is 0.940. The van der Waals surface area contributed by atoms with Crippen LogP contribution in [0, 0.1) is 17.2 Å². The number of carbonyl (C=O) groups is 1. The van der Waals surface area contributed by atoms with Gasteiger partial charge in [0.25, 0.3) is 5.91 Å². The molecule has 0 spiro atoms. The maximum absolute atomic E-state index is 12.9. The molecule has 25 heavy (non-hydrogen) atoms. The van der Waals surface area contributed by atoms with Crippen LogP contribution in [0.2, 0.25) is 0 Å². The topological polar surface area (TPSA) is 56.1 Å². The van der Waals surface area contributed by atoms with Gasteiger partial charge in [-0.05, 0) is 43.5 Å². The minimum atomic E-state index is -0.131. The van der Waals surface area contributed by atoms with Crippen molar-refractivity contribution in [3.05, 3.63) is 59.7 Å². The van der Waals surface area contributed by atoms with Gasteiger partial charge in [0.2, 0.25) is 0 Å². The molecule has 1 atom stereocenters. The summed E-state index contributed by atoms with van der Waals surface area (Å²) in [6.07, 6.45) is 2.31. The zero-order chi connectivity index (χ0) is 17.2. The molecule has 2 bridgehead atoms. The molecular weight excluding hydrogens is 310 g/mol. The second-order valence-electron chi connectivity index (χ2n) is 6.92. The van der Waals surface area contributed by atoms with Crippen molar-refractivity contribution in [1.82, 2.24) is 10.2 Å². The fraction of sp³-hybridized carbons (Fsp3) is 0.333. The summed E-state index contributed by atoms with van der Waals surface area (Å²) in [5.74, 6) is 0.435. The van der Waals surface area contributed by atoms with E-state index in [1.807, 2.05) is 42.5 Å². The maximum atomic E-state index is 12.9. The Hall–Kier alpha value is -2.64. The molecule has 4 heteroatoms. The molecular formula is C21H21N3O. The predicted octanol–water partition coefficient (Wildman–Crippen LogP) is 3.05. The second kappa shape index (κ2) is 6.70. The minimum Gasteiger partial charge on any atom is -0.348 e. The van der Waals surface area contributed by atoms with E-state index in [9.17, 15) is 10.1 Å². The maximum Gasteiger partial charge on any atom is 0.252 e. The van der Waals surface area contributed by atoms with E-state index < -0.39 is 0 Å². The average molecular weight is 331 g/mol. The number of carbonyl (C=O) groups excluding carboxylic acids is 1. The smallest absolute Gasteiger partial charge is 0.252 e. The molecule has 126 valence electrons. The molecule has 2 aromatic carbocycles. The van der Waals surface area contributed by atoms with Crippen molar-refractivity contribution >= 4 is 5.91 Å². The SMILES string of the molecule is N#Cc1c(C(=O)N[C@H]2CN3CCC2CC3)cccc1-c1ccccc1. The molecule has 2 aromatic rings. The number of fused-ring (bicyclic) bond motifs is 3. The molecule has 1 N–H and O–H groups in total. The van der Waals surface area contributed by atoms with Crippen LogP contribution in [0.25, 0.3) is 11.1 Å². The van der Waals surface area contributed by atoms with Gasteiger partial charge in [-0.1, -0.05) is 42.5 Å². The molecule has 5 rings (SSSR count). The molecule has 4 nitrogen and oxygen atoms in total. The van der Waals surface area contributed by atoms with Gasteiger partial charge in [0.15, 0.2) is 0 Å². The van der Waals surface area contributed by atoms with E-state index in [1.165, 1.54) is 0 Å². The lowest BCUT2D eigenvalue weighted by Gasteiger charge is -2.44. The first kappa shape index (κ1) is 15.9. The third-order valence-electron chi connectivity index (χ3n) is 5.48. The summed E-state index contributed by atoms with van der Waals surface area (Å²) in [7, 11) is 0. The number of nitriles is 1. The number of hydrogen-bond acceptors (Lipinski definition) is 3. The summed E-state index contributed by atoms with van der Waals surface area (Å²) in [6, 6.07) is 17.7. The number of hydrogen-bond donors (Lipinski definition) is 1. The fourth-order valence-electron chi connectivity index (χ4n) is 4.10. The van der Waals surface area contributed by atoms with Crippen LogP contribution in [-0.2, 0) is 0 Å². The van der Waals surface area contributed by atoms with Crippen molar-refractivity contribution in [3.8, 4) is 17.2 Å². The third-order valence-corrected chi connectivity index (χ3v) is 5.48. The van der Waals surface area contributed by atoms with Crippen LogP contribution < -0.4 is 5.32 Å². The number of nitrogens with one attached hydrogen (secondary N) is 1. The van der Waals surface area contributed by atoms with Crippen LogP contribution in [-0.4, -0.2) is 36.5 Å². The molecule has 0 unspecified atom stereocenters. The Balaban J connectivity index is 1.62. The lowest BCUT2D eigenvalue weighted by Crippen LogP contribution is -2.57. The molecule has 3 fully saturated rings. The van der Waals surface area contributed by atoms with E-state index in [0.29, 0.717) is 17.0 Å². The number of benzene rings is 2. The van der Waals surface area contributed by atoms with E-state index in [1.54, 1.807) is 6.07 Å². The Morgan fingerprint density at radius 1 is 1.08 bits per heavy atom. The van der Waals surface area contributed by atoms with Crippen molar-refractivity contribution < 1.29 is 4.79 Å². The minimum absolute atomic E-state index is 0.131. The number of amides is 1. The van der Waals surface area contributed by atoms with Crippen LogP contribution in [0.3, 0.4) is 0 Å². The first-order chi connectivity index (χ1) is 12.3. The van der Waals surface area contributed by atoms with Gasteiger partial charge in [-0.25, -0.2) is 0 Å². The van der Waals surface area contributed by atoms with E-state index in [2.05, 4.69) is 16.3 Å². The normalized spacial score (nSPS) is 24.5. The van der Waals surface area contributed by atoms with Crippen molar-refractivity contribution in [2.45, 2.75) is 18.9 Å². The van der Waals surface area contributed by atoms with Gasteiger partial charge in [0.05, 0.1) is 11.1 Å². The monoisotopic (exact) mass is 331 g/mol. The van der Waals surface area contributed by atoms with E-state index in [0.717, 1.165) is 43.6 Å². The Kier molecular flexibility index (Phi) is 4.25. The molecule has 3 aliphatic rings. The van der Waals surface area contributed by atoms with Gasteiger partial charge in [-0.2, -0.15) is 5.26 Å². The van der Waals surface area contributed by atoms with Crippen LogP contribution in [0.1, 0.15) is 28.8 Å². The molecule has 0 saturated carbocycles. The highest BCUT2D eigenvalue weighted by molar-refractivity contribution is 5.99. The lowest BCUT2D eigenvalue weighted by atomic mass is 9.84. The summed E-state index contributed by atoms with van der Waals surface area (Å²) >= 11 is 0. The molecule has 3 heterocycles. The van der Waals surface area contributed by atoms with Gasteiger partial charge in [-0.15, -0.1) is 0 Å². The molecule has 0 radical (unpaired) electrons. The summed E-state index contributed by atoms with van der Waals surface area (Å²) < 4.78 is 0. The molecule has 1 amide bonds. The van der Waals surface area contributed by atoms with E-state index in [-0.39, 0.29) is 11.9 Å². The first-order valence-corrected chi connectivity index (χ1v) is 8.88.